The van der Waals surface area contributed by atoms with Crippen molar-refractivity contribution in [3.63, 3.8) is 0 Å². The Labute approximate surface area is 85.4 Å². The zero-order valence-corrected chi connectivity index (χ0v) is 9.36. The Morgan fingerprint density at radius 2 is 1.71 bits per heavy atom. The van der Waals surface area contributed by atoms with Gasteiger partial charge in [0.2, 0.25) is 0 Å². The van der Waals surface area contributed by atoms with E-state index < -0.39 is 0 Å². The minimum Gasteiger partial charge on any atom is -0.300 e. The molecule has 0 bridgehead atoms. The standard InChI is InChI=1S/C11H20N2O/c1-4-10(5-2)9-13-8-7-12(6-3)11(13)14/h7-8,10H,4-6,9H2,1-3H3. The van der Waals surface area contributed by atoms with Crippen LogP contribution in [0.4, 0.5) is 0 Å². The molecule has 14 heavy (non-hydrogen) atoms. The first-order valence-electron chi connectivity index (χ1n) is 5.48. The van der Waals surface area contributed by atoms with Crippen LogP contribution in [0.2, 0.25) is 0 Å². The zero-order valence-electron chi connectivity index (χ0n) is 9.36. The molecule has 0 aliphatic carbocycles. The van der Waals surface area contributed by atoms with E-state index >= 15 is 0 Å². The molecule has 1 heterocycles. The molecular formula is C11H20N2O. The Balaban J connectivity index is 2.76. The van der Waals surface area contributed by atoms with Crippen molar-refractivity contribution in [1.82, 2.24) is 9.13 Å². The van der Waals surface area contributed by atoms with Crippen molar-refractivity contribution >= 4 is 0 Å². The van der Waals surface area contributed by atoms with Crippen molar-refractivity contribution in [2.45, 2.75) is 46.7 Å². The molecule has 0 spiro atoms. The second-order valence-corrected chi connectivity index (χ2v) is 3.70. The summed E-state index contributed by atoms with van der Waals surface area (Å²) in [7, 11) is 0. The van der Waals surface area contributed by atoms with Crippen molar-refractivity contribution in [1.29, 1.82) is 0 Å². The Bertz CT molecular complexity index is 320. The molecule has 0 atom stereocenters. The van der Waals surface area contributed by atoms with Crippen LogP contribution in [0.15, 0.2) is 17.2 Å². The van der Waals surface area contributed by atoms with Gasteiger partial charge in [-0.3, -0.25) is 9.13 Å². The molecule has 0 fully saturated rings. The number of aromatic nitrogens is 2. The lowest BCUT2D eigenvalue weighted by molar-refractivity contribution is 0.409. The molecule has 1 aromatic rings. The van der Waals surface area contributed by atoms with Crippen LogP contribution in [-0.4, -0.2) is 9.13 Å². The van der Waals surface area contributed by atoms with Gasteiger partial charge in [0.25, 0.3) is 0 Å². The summed E-state index contributed by atoms with van der Waals surface area (Å²) >= 11 is 0. The summed E-state index contributed by atoms with van der Waals surface area (Å²) in [5, 5.41) is 0. The number of hydrogen-bond acceptors (Lipinski definition) is 1. The highest BCUT2D eigenvalue weighted by Crippen LogP contribution is 2.09. The van der Waals surface area contributed by atoms with Crippen LogP contribution >= 0.6 is 0 Å². The average Bonchev–Trinajstić information content (AvgIpc) is 2.56. The van der Waals surface area contributed by atoms with Gasteiger partial charge in [-0.2, -0.15) is 0 Å². The van der Waals surface area contributed by atoms with Crippen molar-refractivity contribution in [3.05, 3.63) is 22.9 Å². The molecule has 1 rings (SSSR count). The van der Waals surface area contributed by atoms with Gasteiger partial charge >= 0.3 is 5.69 Å². The molecule has 0 saturated heterocycles. The monoisotopic (exact) mass is 196 g/mol. The van der Waals surface area contributed by atoms with E-state index in [-0.39, 0.29) is 5.69 Å². The highest BCUT2D eigenvalue weighted by atomic mass is 16.1. The summed E-state index contributed by atoms with van der Waals surface area (Å²) in [5.74, 6) is 0.625. The molecule has 0 saturated carbocycles. The SMILES string of the molecule is CCC(CC)Cn1ccn(CC)c1=O. The lowest BCUT2D eigenvalue weighted by Gasteiger charge is -2.11. The molecule has 0 aliphatic heterocycles. The third-order valence-corrected chi connectivity index (χ3v) is 2.87. The molecule has 0 N–H and O–H groups in total. The Morgan fingerprint density at radius 3 is 2.14 bits per heavy atom. The van der Waals surface area contributed by atoms with E-state index in [0.717, 1.165) is 25.9 Å². The topological polar surface area (TPSA) is 26.9 Å². The van der Waals surface area contributed by atoms with Gasteiger partial charge in [-0.05, 0) is 12.8 Å². The van der Waals surface area contributed by atoms with E-state index in [4.69, 9.17) is 0 Å². The maximum absolute atomic E-state index is 11.7. The third kappa shape index (κ3) is 2.28. The zero-order chi connectivity index (χ0) is 10.6. The second-order valence-electron chi connectivity index (χ2n) is 3.70. The summed E-state index contributed by atoms with van der Waals surface area (Å²) in [6.45, 7) is 7.96. The lowest BCUT2D eigenvalue weighted by Crippen LogP contribution is -2.25. The van der Waals surface area contributed by atoms with Gasteiger partial charge in [0.15, 0.2) is 0 Å². The maximum atomic E-state index is 11.7. The summed E-state index contributed by atoms with van der Waals surface area (Å²) in [6.07, 6.45) is 6.04. The van der Waals surface area contributed by atoms with Crippen LogP contribution < -0.4 is 5.69 Å². The van der Waals surface area contributed by atoms with Gasteiger partial charge in [0.1, 0.15) is 0 Å². The quantitative estimate of drug-likeness (QED) is 0.708. The van der Waals surface area contributed by atoms with Crippen LogP contribution in [0.3, 0.4) is 0 Å². The van der Waals surface area contributed by atoms with Crippen molar-refractivity contribution in [3.8, 4) is 0 Å². The van der Waals surface area contributed by atoms with Crippen LogP contribution in [0.1, 0.15) is 33.6 Å². The minimum atomic E-state index is 0.124. The van der Waals surface area contributed by atoms with E-state index in [9.17, 15) is 4.79 Å². The van der Waals surface area contributed by atoms with E-state index in [0.29, 0.717) is 5.92 Å². The molecule has 0 aliphatic rings. The van der Waals surface area contributed by atoms with E-state index in [2.05, 4.69) is 13.8 Å². The molecule has 80 valence electrons. The first kappa shape index (κ1) is 11.1. The summed E-state index contributed by atoms with van der Waals surface area (Å²) in [6, 6.07) is 0. The maximum Gasteiger partial charge on any atom is 0.328 e. The smallest absolute Gasteiger partial charge is 0.300 e. The third-order valence-electron chi connectivity index (χ3n) is 2.87. The number of hydrogen-bond donors (Lipinski definition) is 0. The van der Waals surface area contributed by atoms with Crippen LogP contribution in [0, 0.1) is 5.92 Å². The van der Waals surface area contributed by atoms with Gasteiger partial charge < -0.3 is 0 Å². The van der Waals surface area contributed by atoms with Gasteiger partial charge in [-0.1, -0.05) is 26.7 Å². The van der Waals surface area contributed by atoms with E-state index in [1.807, 2.05) is 23.9 Å². The number of rotatable bonds is 5. The Hall–Kier alpha value is -0.990. The fraction of sp³-hybridized carbons (Fsp3) is 0.727. The number of nitrogens with zero attached hydrogens (tertiary/aromatic N) is 2. The molecule has 0 radical (unpaired) electrons. The predicted octanol–water partition coefficient (Wildman–Crippen LogP) is 2.11. The normalized spacial score (nSPS) is 11.1. The van der Waals surface area contributed by atoms with Crippen molar-refractivity contribution < 1.29 is 0 Å². The lowest BCUT2D eigenvalue weighted by atomic mass is 10.0. The number of aryl methyl sites for hydroxylation is 1. The van der Waals surface area contributed by atoms with Crippen LogP contribution in [-0.2, 0) is 13.1 Å². The molecular weight excluding hydrogens is 176 g/mol. The Kier molecular flexibility index (Phi) is 3.98. The molecule has 0 aromatic carbocycles. The van der Waals surface area contributed by atoms with E-state index in [1.54, 1.807) is 4.57 Å². The Morgan fingerprint density at radius 1 is 1.14 bits per heavy atom. The average molecular weight is 196 g/mol. The second kappa shape index (κ2) is 5.03. The molecule has 3 heteroatoms. The summed E-state index contributed by atoms with van der Waals surface area (Å²) in [5.41, 5.74) is 0.124. The van der Waals surface area contributed by atoms with Crippen LogP contribution in [0.5, 0.6) is 0 Å². The summed E-state index contributed by atoms with van der Waals surface area (Å²) < 4.78 is 3.56. The summed E-state index contributed by atoms with van der Waals surface area (Å²) in [4.78, 5) is 11.7. The largest absolute Gasteiger partial charge is 0.328 e. The predicted molar refractivity (Wildman–Crippen MR) is 58.4 cm³/mol. The fourth-order valence-corrected chi connectivity index (χ4v) is 1.66. The molecule has 0 unspecified atom stereocenters. The molecule has 3 nitrogen and oxygen atoms in total. The highest BCUT2D eigenvalue weighted by molar-refractivity contribution is 4.81. The van der Waals surface area contributed by atoms with Crippen LogP contribution in [0.25, 0.3) is 0 Å². The van der Waals surface area contributed by atoms with E-state index in [1.165, 1.54) is 0 Å². The molecule has 1 aromatic heterocycles. The van der Waals surface area contributed by atoms with Gasteiger partial charge in [0, 0.05) is 25.5 Å². The van der Waals surface area contributed by atoms with Crippen molar-refractivity contribution in [2.24, 2.45) is 5.92 Å². The van der Waals surface area contributed by atoms with Gasteiger partial charge in [-0.15, -0.1) is 0 Å². The van der Waals surface area contributed by atoms with Crippen molar-refractivity contribution in [2.75, 3.05) is 0 Å². The number of imidazole rings is 1. The van der Waals surface area contributed by atoms with Gasteiger partial charge in [0.05, 0.1) is 0 Å². The first-order valence-corrected chi connectivity index (χ1v) is 5.48. The van der Waals surface area contributed by atoms with Gasteiger partial charge in [-0.25, -0.2) is 4.79 Å². The highest BCUT2D eigenvalue weighted by Gasteiger charge is 2.07. The minimum absolute atomic E-state index is 0.124. The first-order chi connectivity index (χ1) is 6.72. The fourth-order valence-electron chi connectivity index (χ4n) is 1.66. The molecule has 0 amide bonds.